The number of carbonyl (C=O) groups is 1. The monoisotopic (exact) mass is 354 g/mol. The topological polar surface area (TPSA) is 72.1 Å². The number of hydrogen-bond donors (Lipinski definition) is 0. The fourth-order valence-electron chi connectivity index (χ4n) is 2.58. The summed E-state index contributed by atoms with van der Waals surface area (Å²) in [5.74, 6) is 0.537. The highest BCUT2D eigenvalue weighted by Crippen LogP contribution is 2.15. The molecule has 0 atom stereocenters. The number of aryl methyl sites for hydroxylation is 1. The van der Waals surface area contributed by atoms with Crippen LogP contribution >= 0.6 is 0 Å². The Bertz CT molecular complexity index is 867. The number of pyridine rings is 1. The first-order valence-corrected chi connectivity index (χ1v) is 8.41. The second-order valence-corrected chi connectivity index (χ2v) is 5.79. The predicted molar refractivity (Wildman–Crippen MR) is 93.3 cm³/mol. The fraction of sp³-hybridized carbons (Fsp3) is 0.263. The number of rotatable bonds is 7. The number of hydrogen-bond acceptors (Lipinski definition) is 5. The highest BCUT2D eigenvalue weighted by Gasteiger charge is 2.15. The molecule has 0 fully saturated rings. The molecule has 0 saturated carbocycles. The molecular formula is C19H19FN4O2. The van der Waals surface area contributed by atoms with E-state index in [0.717, 1.165) is 11.1 Å². The molecule has 0 radical (unpaired) electrons. The maximum Gasteiger partial charge on any atom is 0.227 e. The summed E-state index contributed by atoms with van der Waals surface area (Å²) in [5.41, 5.74) is 1.57. The van der Waals surface area contributed by atoms with Gasteiger partial charge in [0.2, 0.25) is 17.6 Å². The number of halogens is 1. The minimum absolute atomic E-state index is 0.0413. The van der Waals surface area contributed by atoms with Gasteiger partial charge in [-0.3, -0.25) is 9.78 Å². The lowest BCUT2D eigenvalue weighted by atomic mass is 10.2. The molecule has 0 aliphatic carbocycles. The van der Waals surface area contributed by atoms with Crippen LogP contribution in [0, 0.1) is 5.82 Å². The van der Waals surface area contributed by atoms with Crippen LogP contribution in [0.5, 0.6) is 0 Å². The minimum Gasteiger partial charge on any atom is -0.339 e. The number of benzene rings is 1. The zero-order valence-corrected chi connectivity index (χ0v) is 14.4. The van der Waals surface area contributed by atoms with Crippen molar-refractivity contribution in [2.45, 2.75) is 26.3 Å². The van der Waals surface area contributed by atoms with Gasteiger partial charge in [-0.2, -0.15) is 4.98 Å². The molecule has 2 heterocycles. The molecule has 0 bridgehead atoms. The molecule has 134 valence electrons. The Kier molecular flexibility index (Phi) is 5.68. The maximum absolute atomic E-state index is 13.3. The van der Waals surface area contributed by atoms with E-state index in [1.54, 1.807) is 41.6 Å². The molecule has 0 aliphatic rings. The van der Waals surface area contributed by atoms with Crippen LogP contribution in [-0.2, 0) is 17.8 Å². The van der Waals surface area contributed by atoms with Gasteiger partial charge in [-0.1, -0.05) is 17.3 Å². The Morgan fingerprint density at radius 3 is 2.77 bits per heavy atom. The van der Waals surface area contributed by atoms with Gasteiger partial charge in [0.05, 0.1) is 0 Å². The summed E-state index contributed by atoms with van der Waals surface area (Å²) >= 11 is 0. The zero-order chi connectivity index (χ0) is 18.4. The predicted octanol–water partition coefficient (Wildman–Crippen LogP) is 3.25. The molecule has 0 spiro atoms. The van der Waals surface area contributed by atoms with Crippen molar-refractivity contribution in [1.29, 1.82) is 0 Å². The average Bonchev–Trinajstić information content (AvgIpc) is 3.14. The van der Waals surface area contributed by atoms with Crippen molar-refractivity contribution in [2.75, 3.05) is 6.54 Å². The molecule has 7 heteroatoms. The van der Waals surface area contributed by atoms with E-state index in [9.17, 15) is 9.18 Å². The molecule has 0 unspecified atom stereocenters. The van der Waals surface area contributed by atoms with E-state index in [0.29, 0.717) is 31.2 Å². The van der Waals surface area contributed by atoms with E-state index < -0.39 is 0 Å². The van der Waals surface area contributed by atoms with Crippen molar-refractivity contribution in [2.24, 2.45) is 0 Å². The molecule has 3 aromatic rings. The first-order valence-electron chi connectivity index (χ1n) is 8.41. The summed E-state index contributed by atoms with van der Waals surface area (Å²) in [6.07, 6.45) is 3.92. The van der Waals surface area contributed by atoms with Crippen molar-refractivity contribution < 1.29 is 13.7 Å². The number of aromatic nitrogens is 3. The standard InChI is InChI=1S/C19H19FN4O2/c1-2-24(13-14-4-3-5-16(20)12-14)18(25)7-6-17-22-19(23-26-17)15-8-10-21-11-9-15/h3-5,8-12H,2,6-7,13H2,1H3. The first-order chi connectivity index (χ1) is 12.7. The lowest BCUT2D eigenvalue weighted by Gasteiger charge is -2.20. The molecule has 2 aromatic heterocycles. The quantitative estimate of drug-likeness (QED) is 0.651. The molecule has 1 aromatic carbocycles. The van der Waals surface area contributed by atoms with Crippen LogP contribution in [0.2, 0.25) is 0 Å². The van der Waals surface area contributed by atoms with Crippen LogP contribution in [0.1, 0.15) is 24.8 Å². The Morgan fingerprint density at radius 2 is 2.04 bits per heavy atom. The average molecular weight is 354 g/mol. The van der Waals surface area contributed by atoms with E-state index in [-0.39, 0.29) is 18.1 Å². The van der Waals surface area contributed by atoms with Crippen LogP contribution < -0.4 is 0 Å². The number of nitrogens with zero attached hydrogens (tertiary/aromatic N) is 4. The third-order valence-electron chi connectivity index (χ3n) is 3.96. The Hall–Kier alpha value is -3.09. The highest BCUT2D eigenvalue weighted by molar-refractivity contribution is 5.76. The van der Waals surface area contributed by atoms with Crippen LogP contribution in [0.3, 0.4) is 0 Å². The molecule has 3 rings (SSSR count). The van der Waals surface area contributed by atoms with Crippen molar-refractivity contribution in [3.8, 4) is 11.4 Å². The number of carbonyl (C=O) groups excluding carboxylic acids is 1. The molecule has 6 nitrogen and oxygen atoms in total. The van der Waals surface area contributed by atoms with E-state index in [4.69, 9.17) is 4.52 Å². The molecule has 1 amide bonds. The summed E-state index contributed by atoms with van der Waals surface area (Å²) < 4.78 is 18.5. The maximum atomic E-state index is 13.3. The molecule has 0 saturated heterocycles. The third kappa shape index (κ3) is 4.50. The van der Waals surface area contributed by atoms with E-state index in [1.165, 1.54) is 12.1 Å². The van der Waals surface area contributed by atoms with Crippen LogP contribution in [0.4, 0.5) is 4.39 Å². The first kappa shape index (κ1) is 17.7. The molecule has 0 aliphatic heterocycles. The number of amides is 1. The van der Waals surface area contributed by atoms with Gasteiger partial charge in [0.25, 0.3) is 0 Å². The van der Waals surface area contributed by atoms with Gasteiger partial charge in [0.1, 0.15) is 5.82 Å². The Labute approximate surface area is 150 Å². The van der Waals surface area contributed by atoms with Crippen LogP contribution in [0.25, 0.3) is 11.4 Å². The SMILES string of the molecule is CCN(Cc1cccc(F)c1)C(=O)CCc1nc(-c2ccncc2)no1. The summed E-state index contributed by atoms with van der Waals surface area (Å²) in [7, 11) is 0. The van der Waals surface area contributed by atoms with Crippen LogP contribution in [-0.4, -0.2) is 32.5 Å². The largest absolute Gasteiger partial charge is 0.339 e. The second-order valence-electron chi connectivity index (χ2n) is 5.79. The Morgan fingerprint density at radius 1 is 1.23 bits per heavy atom. The van der Waals surface area contributed by atoms with E-state index in [1.807, 2.05) is 6.92 Å². The minimum atomic E-state index is -0.305. The summed E-state index contributed by atoms with van der Waals surface area (Å²) in [6.45, 7) is 2.81. The lowest BCUT2D eigenvalue weighted by molar-refractivity contribution is -0.131. The van der Waals surface area contributed by atoms with Gasteiger partial charge in [-0.25, -0.2) is 4.39 Å². The van der Waals surface area contributed by atoms with Gasteiger partial charge in [-0.05, 0) is 36.8 Å². The van der Waals surface area contributed by atoms with Crippen LogP contribution in [0.15, 0.2) is 53.3 Å². The molecular weight excluding hydrogens is 335 g/mol. The summed E-state index contributed by atoms with van der Waals surface area (Å²) in [5, 5.41) is 3.93. The van der Waals surface area contributed by atoms with Gasteiger partial charge in [0.15, 0.2) is 0 Å². The van der Waals surface area contributed by atoms with Gasteiger partial charge < -0.3 is 9.42 Å². The zero-order valence-electron chi connectivity index (χ0n) is 14.4. The van der Waals surface area contributed by atoms with Crippen molar-refractivity contribution in [3.05, 3.63) is 66.1 Å². The van der Waals surface area contributed by atoms with E-state index in [2.05, 4.69) is 15.1 Å². The van der Waals surface area contributed by atoms with Gasteiger partial charge >= 0.3 is 0 Å². The van der Waals surface area contributed by atoms with Crippen molar-refractivity contribution >= 4 is 5.91 Å². The molecule has 26 heavy (non-hydrogen) atoms. The second kappa shape index (κ2) is 8.33. The van der Waals surface area contributed by atoms with E-state index >= 15 is 0 Å². The van der Waals surface area contributed by atoms with Crippen molar-refractivity contribution in [1.82, 2.24) is 20.0 Å². The van der Waals surface area contributed by atoms with Gasteiger partial charge in [0, 0.05) is 43.9 Å². The third-order valence-corrected chi connectivity index (χ3v) is 3.96. The normalized spacial score (nSPS) is 10.7. The Balaban J connectivity index is 1.58. The molecule has 0 N–H and O–H groups in total. The summed E-state index contributed by atoms with van der Waals surface area (Å²) in [4.78, 5) is 22.4. The van der Waals surface area contributed by atoms with Gasteiger partial charge in [-0.15, -0.1) is 0 Å². The smallest absolute Gasteiger partial charge is 0.227 e. The summed E-state index contributed by atoms with van der Waals surface area (Å²) in [6, 6.07) is 9.85. The fourth-order valence-corrected chi connectivity index (χ4v) is 2.58. The highest BCUT2D eigenvalue weighted by atomic mass is 19.1. The van der Waals surface area contributed by atoms with Crippen molar-refractivity contribution in [3.63, 3.8) is 0 Å². The lowest BCUT2D eigenvalue weighted by Crippen LogP contribution is -2.30.